The van der Waals surface area contributed by atoms with E-state index in [1.807, 2.05) is 0 Å². The van der Waals surface area contributed by atoms with Gasteiger partial charge in [0.15, 0.2) is 5.76 Å². The Balaban J connectivity index is 1.75. The van der Waals surface area contributed by atoms with Crippen LogP contribution in [0.1, 0.15) is 26.5 Å². The van der Waals surface area contributed by atoms with Crippen LogP contribution in [0.2, 0.25) is 0 Å². The van der Waals surface area contributed by atoms with E-state index in [9.17, 15) is 22.8 Å². The summed E-state index contributed by atoms with van der Waals surface area (Å²) in [4.78, 5) is 25.9. The number of nitrogens with one attached hydrogen (secondary N) is 2. The van der Waals surface area contributed by atoms with E-state index in [-0.39, 0.29) is 17.0 Å². The lowest BCUT2D eigenvalue weighted by molar-refractivity contribution is -0.136. The highest BCUT2D eigenvalue weighted by Crippen LogP contribution is 2.37. The first kappa shape index (κ1) is 21.0. The number of rotatable bonds is 5. The molecule has 0 unspecified atom stereocenters. The summed E-state index contributed by atoms with van der Waals surface area (Å²) in [7, 11) is 3.25. The largest absolute Gasteiger partial charge is 0.459 e. The summed E-state index contributed by atoms with van der Waals surface area (Å²) < 4.78 is 45.2. The molecule has 0 aliphatic rings. The number of halogens is 3. The second kappa shape index (κ2) is 8.32. The van der Waals surface area contributed by atoms with Crippen LogP contribution in [0, 0.1) is 0 Å². The predicted octanol–water partition coefficient (Wildman–Crippen LogP) is 4.87. The molecule has 1 heterocycles. The summed E-state index contributed by atoms with van der Waals surface area (Å²) >= 11 is 0. The van der Waals surface area contributed by atoms with E-state index >= 15 is 0 Å². The molecule has 0 aliphatic heterocycles. The summed E-state index contributed by atoms with van der Waals surface area (Å²) in [5.74, 6) is -1.05. The lowest BCUT2D eigenvalue weighted by Crippen LogP contribution is -2.18. The molecule has 3 aromatic rings. The van der Waals surface area contributed by atoms with Crippen LogP contribution in [0.15, 0.2) is 65.3 Å². The Labute approximate surface area is 170 Å². The van der Waals surface area contributed by atoms with Crippen LogP contribution in [0.4, 0.5) is 30.2 Å². The maximum atomic E-state index is 13.4. The highest BCUT2D eigenvalue weighted by atomic mass is 19.4. The first-order valence-corrected chi connectivity index (χ1v) is 8.80. The zero-order valence-electron chi connectivity index (χ0n) is 16.1. The first-order valence-electron chi connectivity index (χ1n) is 8.80. The Kier molecular flexibility index (Phi) is 5.81. The Bertz CT molecular complexity index is 1040. The summed E-state index contributed by atoms with van der Waals surface area (Å²) in [6, 6.07) is 12.5. The molecule has 9 heteroatoms. The van der Waals surface area contributed by atoms with Gasteiger partial charge in [-0.2, -0.15) is 13.2 Å². The summed E-state index contributed by atoms with van der Waals surface area (Å²) in [6.07, 6.45) is -3.27. The Hall–Kier alpha value is -3.75. The van der Waals surface area contributed by atoms with Gasteiger partial charge in [-0.3, -0.25) is 9.59 Å². The third-order valence-electron chi connectivity index (χ3n) is 4.22. The smallest absolute Gasteiger partial charge is 0.418 e. The maximum absolute atomic E-state index is 13.4. The lowest BCUT2D eigenvalue weighted by Gasteiger charge is -2.18. The van der Waals surface area contributed by atoms with Gasteiger partial charge in [-0.25, -0.2) is 0 Å². The van der Waals surface area contributed by atoms with Gasteiger partial charge in [0.25, 0.3) is 11.8 Å². The van der Waals surface area contributed by atoms with Gasteiger partial charge in [-0.05, 0) is 54.6 Å². The molecule has 1 aromatic heterocycles. The number of alkyl halides is 3. The highest BCUT2D eigenvalue weighted by Gasteiger charge is 2.34. The molecule has 30 heavy (non-hydrogen) atoms. The Morgan fingerprint density at radius 3 is 2.20 bits per heavy atom. The molecule has 0 saturated heterocycles. The topological polar surface area (TPSA) is 74.6 Å². The van der Waals surface area contributed by atoms with Gasteiger partial charge in [0, 0.05) is 31.0 Å². The Morgan fingerprint density at radius 1 is 0.933 bits per heavy atom. The van der Waals surface area contributed by atoms with Crippen molar-refractivity contribution in [3.8, 4) is 0 Å². The van der Waals surface area contributed by atoms with Crippen LogP contribution in [-0.4, -0.2) is 25.9 Å². The van der Waals surface area contributed by atoms with Crippen molar-refractivity contribution in [1.82, 2.24) is 0 Å². The lowest BCUT2D eigenvalue weighted by atomic mass is 10.1. The van der Waals surface area contributed by atoms with Crippen LogP contribution in [0.3, 0.4) is 0 Å². The maximum Gasteiger partial charge on any atom is 0.418 e. The zero-order valence-corrected chi connectivity index (χ0v) is 16.1. The van der Waals surface area contributed by atoms with Crippen molar-refractivity contribution >= 4 is 28.9 Å². The van der Waals surface area contributed by atoms with Gasteiger partial charge in [-0.1, -0.05) is 0 Å². The number of benzene rings is 2. The van der Waals surface area contributed by atoms with Crippen molar-refractivity contribution in [1.29, 1.82) is 0 Å². The monoisotopic (exact) mass is 417 g/mol. The molecule has 2 amide bonds. The number of amides is 2. The number of hydrogen-bond acceptors (Lipinski definition) is 4. The van der Waals surface area contributed by atoms with Gasteiger partial charge in [0.1, 0.15) is 0 Å². The van der Waals surface area contributed by atoms with E-state index in [2.05, 4.69) is 10.6 Å². The van der Waals surface area contributed by atoms with E-state index < -0.39 is 23.6 Å². The van der Waals surface area contributed by atoms with Crippen LogP contribution < -0.4 is 15.5 Å². The number of hydrogen-bond donors (Lipinski definition) is 2. The molecule has 6 nitrogen and oxygen atoms in total. The molecule has 3 rings (SSSR count). The minimum Gasteiger partial charge on any atom is -0.459 e. The molecule has 0 radical (unpaired) electrons. The zero-order chi connectivity index (χ0) is 21.9. The fraction of sp³-hybridized carbons (Fsp3) is 0.143. The summed E-state index contributed by atoms with van der Waals surface area (Å²) in [5, 5.41) is 4.89. The van der Waals surface area contributed by atoms with Crippen molar-refractivity contribution in [2.24, 2.45) is 0 Å². The number of carbonyl (C=O) groups excluding carboxylic acids is 2. The molecule has 0 fully saturated rings. The molecule has 2 N–H and O–H groups in total. The predicted molar refractivity (Wildman–Crippen MR) is 107 cm³/mol. The van der Waals surface area contributed by atoms with Gasteiger partial charge in [-0.15, -0.1) is 0 Å². The number of nitrogens with zero attached hydrogens (tertiary/aromatic N) is 1. The third-order valence-corrected chi connectivity index (χ3v) is 4.22. The molecule has 0 atom stereocenters. The minimum atomic E-state index is -4.63. The fourth-order valence-corrected chi connectivity index (χ4v) is 2.65. The van der Waals surface area contributed by atoms with Crippen LogP contribution in [0.25, 0.3) is 0 Å². The van der Waals surface area contributed by atoms with E-state index in [0.717, 1.165) is 6.07 Å². The van der Waals surface area contributed by atoms with E-state index in [1.165, 1.54) is 53.6 Å². The fourth-order valence-electron chi connectivity index (χ4n) is 2.65. The standard InChI is InChI=1S/C21H18F3N3O3/c1-27(2)15-9-10-17(16(12-15)21(22,23)24)26-19(28)13-5-7-14(8-6-13)25-20(29)18-4-3-11-30-18/h3-12H,1-2H3,(H,25,29)(H,26,28). The van der Waals surface area contributed by atoms with Gasteiger partial charge in [0.2, 0.25) is 0 Å². The molecule has 0 spiro atoms. The van der Waals surface area contributed by atoms with Crippen molar-refractivity contribution in [2.75, 3.05) is 29.6 Å². The minimum absolute atomic E-state index is 0.123. The van der Waals surface area contributed by atoms with Crippen molar-refractivity contribution in [3.63, 3.8) is 0 Å². The quantitative estimate of drug-likeness (QED) is 0.621. The van der Waals surface area contributed by atoms with E-state index in [1.54, 1.807) is 20.2 Å². The number of carbonyl (C=O) groups is 2. The first-order chi connectivity index (χ1) is 14.1. The number of anilines is 3. The van der Waals surface area contributed by atoms with Gasteiger partial charge in [0.05, 0.1) is 17.5 Å². The molecule has 156 valence electrons. The van der Waals surface area contributed by atoms with Crippen LogP contribution >= 0.6 is 0 Å². The third kappa shape index (κ3) is 4.80. The van der Waals surface area contributed by atoms with Gasteiger partial charge >= 0.3 is 6.18 Å². The second-order valence-corrected chi connectivity index (χ2v) is 6.58. The molecular formula is C21H18F3N3O3. The summed E-state index contributed by atoms with van der Waals surface area (Å²) in [5.41, 5.74) is -0.385. The Morgan fingerprint density at radius 2 is 1.63 bits per heavy atom. The summed E-state index contributed by atoms with van der Waals surface area (Å²) in [6.45, 7) is 0. The van der Waals surface area contributed by atoms with Crippen LogP contribution in [-0.2, 0) is 6.18 Å². The van der Waals surface area contributed by atoms with Crippen molar-refractivity contribution in [3.05, 3.63) is 77.7 Å². The average molecular weight is 417 g/mol. The SMILES string of the molecule is CN(C)c1ccc(NC(=O)c2ccc(NC(=O)c3ccco3)cc2)c(C(F)(F)F)c1. The van der Waals surface area contributed by atoms with E-state index in [0.29, 0.717) is 11.4 Å². The number of furan rings is 1. The molecular weight excluding hydrogens is 399 g/mol. The van der Waals surface area contributed by atoms with Gasteiger partial charge < -0.3 is 20.0 Å². The van der Waals surface area contributed by atoms with Crippen molar-refractivity contribution in [2.45, 2.75) is 6.18 Å². The van der Waals surface area contributed by atoms with Crippen molar-refractivity contribution < 1.29 is 27.2 Å². The molecule has 2 aromatic carbocycles. The molecule has 0 bridgehead atoms. The highest BCUT2D eigenvalue weighted by molar-refractivity contribution is 6.06. The normalized spacial score (nSPS) is 11.1. The van der Waals surface area contributed by atoms with Crippen LogP contribution in [0.5, 0.6) is 0 Å². The second-order valence-electron chi connectivity index (χ2n) is 6.58. The van der Waals surface area contributed by atoms with E-state index in [4.69, 9.17) is 4.42 Å². The molecule has 0 aliphatic carbocycles. The molecule has 0 saturated carbocycles. The average Bonchev–Trinajstić information content (AvgIpc) is 3.23.